The number of halogens is 3. The summed E-state index contributed by atoms with van der Waals surface area (Å²) in [6, 6.07) is 41.5. The first-order valence-electron chi connectivity index (χ1n) is 26.7. The predicted octanol–water partition coefficient (Wildman–Crippen LogP) is 14.3. The molecule has 83 heavy (non-hydrogen) atoms. The summed E-state index contributed by atoms with van der Waals surface area (Å²) in [7, 11) is 0. The second kappa shape index (κ2) is 19.6. The van der Waals surface area contributed by atoms with E-state index in [1.54, 1.807) is 31.2 Å². The van der Waals surface area contributed by atoms with Gasteiger partial charge in [0, 0.05) is 55.0 Å². The molecule has 0 aliphatic heterocycles. The van der Waals surface area contributed by atoms with Gasteiger partial charge in [0.15, 0.2) is 23.3 Å². The van der Waals surface area contributed by atoms with E-state index in [1.165, 1.54) is 6.07 Å². The first-order valence-corrected chi connectivity index (χ1v) is 26.7. The second-order valence-corrected chi connectivity index (χ2v) is 20.7. The lowest BCUT2D eigenvalue weighted by Gasteiger charge is -2.22. The van der Waals surface area contributed by atoms with Gasteiger partial charge in [-0.3, -0.25) is 0 Å². The number of hydrogen-bond acceptors (Lipinski definition) is 13. The molecule has 0 saturated carbocycles. The van der Waals surface area contributed by atoms with Crippen LogP contribution in [0.5, 0.6) is 0 Å². The summed E-state index contributed by atoms with van der Waals surface area (Å²) in [5.41, 5.74) is 8.59. The highest BCUT2D eigenvalue weighted by Crippen LogP contribution is 2.47. The van der Waals surface area contributed by atoms with Crippen molar-refractivity contribution in [3.8, 4) is 85.2 Å². The third-order valence-electron chi connectivity index (χ3n) is 14.8. The SMILES string of the molecule is Cc1nc(C)nc(-c2ccc3c(c2)c2cc(-c4nc(C)nc(C)n4)ccc2n3-c2ccc(-c3c(C)cccc3C(F)(F)F)c(-c3cc(C#N)ccc3-n3c4ccc(-c5nc(C)nc(C)n5)cc4c4cc(-c5nc(C)nc(C)n5)ccc43)c2)n1. The molecule has 18 heteroatoms. The van der Waals surface area contributed by atoms with Gasteiger partial charge in [0.25, 0.3) is 0 Å². The second-order valence-electron chi connectivity index (χ2n) is 20.7. The zero-order chi connectivity index (χ0) is 57.7. The predicted molar refractivity (Wildman–Crippen MR) is 314 cm³/mol. The fourth-order valence-corrected chi connectivity index (χ4v) is 11.5. The van der Waals surface area contributed by atoms with Crippen LogP contribution in [0.2, 0.25) is 0 Å². The van der Waals surface area contributed by atoms with Crippen LogP contribution in [0.3, 0.4) is 0 Å². The van der Waals surface area contributed by atoms with Crippen molar-refractivity contribution in [3.05, 3.63) is 191 Å². The van der Waals surface area contributed by atoms with Gasteiger partial charge in [0.05, 0.1) is 45.0 Å². The summed E-state index contributed by atoms with van der Waals surface area (Å²) >= 11 is 0. The van der Waals surface area contributed by atoms with E-state index in [-0.39, 0.29) is 5.56 Å². The number of aryl methyl sites for hydroxylation is 9. The topological polar surface area (TPSA) is 188 Å². The molecule has 0 atom stereocenters. The number of benzene rings is 7. The minimum Gasteiger partial charge on any atom is -0.309 e. The molecule has 0 aliphatic carbocycles. The molecule has 0 amide bonds. The number of nitrogens with zero attached hydrogens (tertiary/aromatic N) is 15. The maximum Gasteiger partial charge on any atom is 0.417 e. The smallest absolute Gasteiger partial charge is 0.309 e. The van der Waals surface area contributed by atoms with Gasteiger partial charge in [-0.1, -0.05) is 18.2 Å². The van der Waals surface area contributed by atoms with Crippen molar-refractivity contribution in [1.29, 1.82) is 5.26 Å². The average Bonchev–Trinajstić information content (AvgIpc) is 3.12. The first-order chi connectivity index (χ1) is 39.8. The number of aromatic nitrogens is 14. The van der Waals surface area contributed by atoms with Crippen molar-refractivity contribution in [1.82, 2.24) is 68.9 Å². The molecule has 0 N–H and O–H groups in total. The van der Waals surface area contributed by atoms with E-state index in [4.69, 9.17) is 39.9 Å². The maximum atomic E-state index is 15.6. The van der Waals surface area contributed by atoms with Crippen molar-refractivity contribution < 1.29 is 13.2 Å². The van der Waals surface area contributed by atoms with Crippen molar-refractivity contribution in [3.63, 3.8) is 0 Å². The van der Waals surface area contributed by atoms with Crippen LogP contribution in [0, 0.1) is 73.6 Å². The highest BCUT2D eigenvalue weighted by atomic mass is 19.4. The first kappa shape index (κ1) is 51.9. The highest BCUT2D eigenvalue weighted by Gasteiger charge is 2.35. The van der Waals surface area contributed by atoms with Gasteiger partial charge < -0.3 is 9.13 Å². The lowest BCUT2D eigenvalue weighted by Crippen LogP contribution is -2.09. The standard InChI is InChI=1S/C65H48F3N15/c1-32-11-10-12-54(65(66,67)68)60(32)47-19-18-46(82-55-21-14-42(61-74-33(2)70-34(3)75-61)26-50(55)51-27-43(15-22-56(51)82)62-76-35(4)71-36(5)77-62)30-48(47)49-25-41(31-69)13-20-57(49)83-58-23-16-44(63-78-37(6)72-38(7)79-63)28-52(58)53-29-45(17-24-59(53)83)64-80-39(8)73-40(9)81-64/h10-30H,1-9H3. The van der Waals surface area contributed by atoms with Crippen molar-refractivity contribution in [2.75, 3.05) is 0 Å². The Labute approximate surface area is 473 Å². The average molecular weight is 1100 g/mol. The van der Waals surface area contributed by atoms with Crippen LogP contribution >= 0.6 is 0 Å². The minimum atomic E-state index is -4.73. The molecule has 7 aromatic carbocycles. The molecule has 0 fully saturated rings. The molecule has 13 aromatic rings. The van der Waals surface area contributed by atoms with Gasteiger partial charge >= 0.3 is 6.18 Å². The van der Waals surface area contributed by atoms with Crippen LogP contribution < -0.4 is 0 Å². The van der Waals surface area contributed by atoms with Gasteiger partial charge in [0.2, 0.25) is 0 Å². The van der Waals surface area contributed by atoms with Gasteiger partial charge in [-0.15, -0.1) is 0 Å². The van der Waals surface area contributed by atoms with Crippen molar-refractivity contribution in [2.24, 2.45) is 0 Å². The summed E-state index contributed by atoms with van der Waals surface area (Å²) in [5.74, 6) is 6.65. The Morgan fingerprint density at radius 2 is 0.759 bits per heavy atom. The number of rotatable bonds is 8. The van der Waals surface area contributed by atoms with Crippen molar-refractivity contribution in [2.45, 2.75) is 68.5 Å². The minimum absolute atomic E-state index is 0.0135. The van der Waals surface area contributed by atoms with E-state index in [0.29, 0.717) is 109 Å². The number of hydrogen-bond donors (Lipinski definition) is 0. The quantitative estimate of drug-likeness (QED) is 0.140. The molecule has 0 saturated heterocycles. The molecule has 15 nitrogen and oxygen atoms in total. The molecule has 0 radical (unpaired) electrons. The van der Waals surface area contributed by atoms with E-state index in [9.17, 15) is 5.26 Å². The van der Waals surface area contributed by atoms with Crippen molar-refractivity contribution >= 4 is 43.6 Å². The van der Waals surface area contributed by atoms with Gasteiger partial charge in [-0.2, -0.15) is 18.4 Å². The summed E-state index contributed by atoms with van der Waals surface area (Å²) < 4.78 is 50.9. The van der Waals surface area contributed by atoms with Crippen LogP contribution in [-0.4, -0.2) is 68.9 Å². The van der Waals surface area contributed by atoms with E-state index in [1.807, 2.05) is 146 Å². The zero-order valence-corrected chi connectivity index (χ0v) is 46.5. The highest BCUT2D eigenvalue weighted by molar-refractivity contribution is 6.13. The molecule has 0 aliphatic rings. The van der Waals surface area contributed by atoms with E-state index < -0.39 is 11.7 Å². The normalized spacial score (nSPS) is 11.8. The van der Waals surface area contributed by atoms with Crippen LogP contribution in [0.1, 0.15) is 63.3 Å². The number of nitriles is 1. The number of alkyl halides is 3. The fraction of sp³-hybridized carbons (Fsp3) is 0.154. The van der Waals surface area contributed by atoms with Crippen LogP contribution in [-0.2, 0) is 6.18 Å². The van der Waals surface area contributed by atoms with Gasteiger partial charge in [0.1, 0.15) is 46.6 Å². The molecule has 0 spiro atoms. The molecule has 13 rings (SSSR count). The molecular weight excluding hydrogens is 1050 g/mol. The summed E-state index contributed by atoms with van der Waals surface area (Å²) in [6.07, 6.45) is -4.73. The Morgan fingerprint density at radius 3 is 1.13 bits per heavy atom. The van der Waals surface area contributed by atoms with E-state index in [2.05, 4.69) is 35.1 Å². The Bertz CT molecular complexity index is 4640. The lowest BCUT2D eigenvalue weighted by molar-refractivity contribution is -0.137. The zero-order valence-electron chi connectivity index (χ0n) is 46.5. The van der Waals surface area contributed by atoms with Gasteiger partial charge in [-0.05, 0) is 194 Å². The molecule has 6 aromatic heterocycles. The number of fused-ring (bicyclic) bond motifs is 6. The third-order valence-corrected chi connectivity index (χ3v) is 14.8. The van der Waals surface area contributed by atoms with Crippen LogP contribution in [0.25, 0.3) is 123 Å². The molecule has 6 heterocycles. The Hall–Kier alpha value is -10.5. The van der Waals surface area contributed by atoms with E-state index >= 15 is 13.2 Å². The summed E-state index contributed by atoms with van der Waals surface area (Å²) in [5, 5.41) is 14.1. The Morgan fingerprint density at radius 1 is 0.373 bits per heavy atom. The van der Waals surface area contributed by atoms with E-state index in [0.717, 1.165) is 71.9 Å². The van der Waals surface area contributed by atoms with Gasteiger partial charge in [-0.25, -0.2) is 59.8 Å². The fourth-order valence-electron chi connectivity index (χ4n) is 11.5. The molecular formula is C65H48F3N15. The maximum absolute atomic E-state index is 15.6. The largest absolute Gasteiger partial charge is 0.417 e. The Balaban J connectivity index is 1.12. The molecule has 0 bridgehead atoms. The molecule has 0 unspecified atom stereocenters. The Kier molecular flexibility index (Phi) is 12.3. The lowest BCUT2D eigenvalue weighted by atomic mass is 9.87. The van der Waals surface area contributed by atoms with Crippen LogP contribution in [0.4, 0.5) is 13.2 Å². The summed E-state index contributed by atoms with van der Waals surface area (Å²) in [4.78, 5) is 55.4. The summed E-state index contributed by atoms with van der Waals surface area (Å²) in [6.45, 7) is 16.3. The van der Waals surface area contributed by atoms with Crippen LogP contribution in [0.15, 0.2) is 127 Å². The molecule has 404 valence electrons. The third kappa shape index (κ3) is 9.21. The monoisotopic (exact) mass is 1100 g/mol.